The summed E-state index contributed by atoms with van der Waals surface area (Å²) in [6, 6.07) is 13.3. The normalized spacial score (nSPS) is 10.6. The second-order valence-electron chi connectivity index (χ2n) is 5.86. The second-order valence-corrected chi connectivity index (χ2v) is 6.95. The van der Waals surface area contributed by atoms with Crippen LogP contribution in [0, 0.1) is 5.82 Å². The smallest absolute Gasteiger partial charge is 0.264 e. The van der Waals surface area contributed by atoms with Gasteiger partial charge in [-0.1, -0.05) is 12.1 Å². The Hall–Kier alpha value is -2.93. The SMILES string of the molecule is CCN(CC(=O)Nc1cccc(OC)c1)C(=O)c1cc2c(F)cccc2s1. The summed E-state index contributed by atoms with van der Waals surface area (Å²) in [6.45, 7) is 2.06. The largest absolute Gasteiger partial charge is 0.497 e. The van der Waals surface area contributed by atoms with E-state index in [4.69, 9.17) is 4.74 Å². The van der Waals surface area contributed by atoms with Gasteiger partial charge in [0, 0.05) is 28.4 Å². The fraction of sp³-hybridized carbons (Fsp3) is 0.200. The van der Waals surface area contributed by atoms with Crippen molar-refractivity contribution in [2.75, 3.05) is 25.5 Å². The lowest BCUT2D eigenvalue weighted by Crippen LogP contribution is -2.37. The molecule has 0 saturated heterocycles. The van der Waals surface area contributed by atoms with E-state index >= 15 is 0 Å². The highest BCUT2D eigenvalue weighted by molar-refractivity contribution is 7.20. The maximum atomic E-state index is 13.9. The number of nitrogens with zero attached hydrogens (tertiary/aromatic N) is 1. The van der Waals surface area contributed by atoms with Crippen LogP contribution < -0.4 is 10.1 Å². The monoisotopic (exact) mass is 386 g/mol. The molecule has 3 aromatic rings. The lowest BCUT2D eigenvalue weighted by Gasteiger charge is -2.19. The Labute approximate surface area is 160 Å². The Balaban J connectivity index is 1.72. The van der Waals surface area contributed by atoms with Gasteiger partial charge in [-0.25, -0.2) is 4.39 Å². The van der Waals surface area contributed by atoms with Crippen molar-refractivity contribution in [1.82, 2.24) is 4.90 Å². The number of nitrogens with one attached hydrogen (secondary N) is 1. The fourth-order valence-corrected chi connectivity index (χ4v) is 3.73. The number of anilines is 1. The van der Waals surface area contributed by atoms with Crippen LogP contribution in [0.2, 0.25) is 0 Å². The van der Waals surface area contributed by atoms with Gasteiger partial charge in [-0.15, -0.1) is 11.3 Å². The maximum Gasteiger partial charge on any atom is 0.264 e. The molecular weight excluding hydrogens is 367 g/mol. The fourth-order valence-electron chi connectivity index (χ4n) is 2.69. The molecule has 2 amide bonds. The van der Waals surface area contributed by atoms with Crippen LogP contribution in [0.5, 0.6) is 5.75 Å². The van der Waals surface area contributed by atoms with Crippen LogP contribution in [0.1, 0.15) is 16.6 Å². The van der Waals surface area contributed by atoms with Crippen LogP contribution in [0.25, 0.3) is 10.1 Å². The summed E-state index contributed by atoms with van der Waals surface area (Å²) in [5.74, 6) is -0.338. The van der Waals surface area contributed by atoms with Crippen molar-refractivity contribution in [2.24, 2.45) is 0 Å². The van der Waals surface area contributed by atoms with Gasteiger partial charge < -0.3 is 15.0 Å². The topological polar surface area (TPSA) is 58.6 Å². The van der Waals surface area contributed by atoms with Gasteiger partial charge in [0.1, 0.15) is 18.1 Å². The predicted molar refractivity (Wildman–Crippen MR) is 105 cm³/mol. The third-order valence-electron chi connectivity index (χ3n) is 4.08. The summed E-state index contributed by atoms with van der Waals surface area (Å²) in [4.78, 5) is 26.9. The van der Waals surface area contributed by atoms with Gasteiger partial charge in [-0.2, -0.15) is 0 Å². The van der Waals surface area contributed by atoms with Crippen molar-refractivity contribution in [2.45, 2.75) is 6.92 Å². The van der Waals surface area contributed by atoms with Crippen LogP contribution in [-0.2, 0) is 4.79 Å². The van der Waals surface area contributed by atoms with E-state index in [0.717, 1.165) is 0 Å². The summed E-state index contributed by atoms with van der Waals surface area (Å²) in [6.07, 6.45) is 0. The number of methoxy groups -OCH3 is 1. The van der Waals surface area contributed by atoms with Crippen molar-refractivity contribution in [1.29, 1.82) is 0 Å². The van der Waals surface area contributed by atoms with E-state index in [0.29, 0.717) is 32.9 Å². The lowest BCUT2D eigenvalue weighted by atomic mass is 10.2. The van der Waals surface area contributed by atoms with Crippen molar-refractivity contribution in [3.05, 3.63) is 59.2 Å². The number of rotatable bonds is 6. The molecule has 3 rings (SSSR count). The van der Waals surface area contributed by atoms with Gasteiger partial charge in [0.15, 0.2) is 0 Å². The van der Waals surface area contributed by atoms with E-state index in [9.17, 15) is 14.0 Å². The number of hydrogen-bond donors (Lipinski definition) is 1. The molecule has 0 aliphatic heterocycles. The first-order valence-corrected chi connectivity index (χ1v) is 9.24. The molecule has 0 aliphatic rings. The standard InChI is InChI=1S/C20H19FN2O3S/c1-3-23(12-19(24)22-13-6-4-7-14(10-13)26-2)20(25)18-11-15-16(21)8-5-9-17(15)27-18/h4-11H,3,12H2,1-2H3,(H,22,24). The number of likely N-dealkylation sites (N-methyl/N-ethyl adjacent to an activating group) is 1. The van der Waals surface area contributed by atoms with Crippen molar-refractivity contribution in [3.8, 4) is 5.75 Å². The van der Waals surface area contributed by atoms with Gasteiger partial charge in [0.2, 0.25) is 5.91 Å². The van der Waals surface area contributed by atoms with E-state index in [1.54, 1.807) is 56.5 Å². The number of thiophene rings is 1. The Morgan fingerprint density at radius 1 is 1.19 bits per heavy atom. The molecular formula is C20H19FN2O3S. The maximum absolute atomic E-state index is 13.9. The second kappa shape index (κ2) is 8.18. The molecule has 7 heteroatoms. The highest BCUT2D eigenvalue weighted by Gasteiger charge is 2.20. The van der Waals surface area contributed by atoms with Gasteiger partial charge in [0.25, 0.3) is 5.91 Å². The van der Waals surface area contributed by atoms with E-state index in [-0.39, 0.29) is 24.2 Å². The van der Waals surface area contributed by atoms with E-state index in [1.165, 1.54) is 22.3 Å². The van der Waals surface area contributed by atoms with Crippen molar-refractivity contribution >= 4 is 38.9 Å². The van der Waals surface area contributed by atoms with Gasteiger partial charge in [-0.3, -0.25) is 9.59 Å². The van der Waals surface area contributed by atoms with Gasteiger partial charge in [-0.05, 0) is 37.3 Å². The molecule has 0 unspecified atom stereocenters. The van der Waals surface area contributed by atoms with Crippen molar-refractivity contribution in [3.63, 3.8) is 0 Å². The molecule has 0 atom stereocenters. The lowest BCUT2D eigenvalue weighted by molar-refractivity contribution is -0.116. The summed E-state index contributed by atoms with van der Waals surface area (Å²) in [7, 11) is 1.55. The van der Waals surface area contributed by atoms with Crippen LogP contribution in [0.4, 0.5) is 10.1 Å². The molecule has 1 N–H and O–H groups in total. The first-order chi connectivity index (χ1) is 13.0. The zero-order valence-corrected chi connectivity index (χ0v) is 15.8. The van der Waals surface area contributed by atoms with Crippen LogP contribution >= 0.6 is 11.3 Å². The molecule has 140 valence electrons. The highest BCUT2D eigenvalue weighted by Crippen LogP contribution is 2.28. The molecule has 0 radical (unpaired) electrons. The average Bonchev–Trinajstić information content (AvgIpc) is 3.11. The Morgan fingerprint density at radius 3 is 2.67 bits per heavy atom. The summed E-state index contributed by atoms with van der Waals surface area (Å²) >= 11 is 1.22. The van der Waals surface area contributed by atoms with Crippen molar-refractivity contribution < 1.29 is 18.7 Å². The number of halogens is 1. The van der Waals surface area contributed by atoms with Gasteiger partial charge in [0.05, 0.1) is 12.0 Å². The number of fused-ring (bicyclic) bond motifs is 1. The molecule has 0 spiro atoms. The highest BCUT2D eigenvalue weighted by atomic mass is 32.1. The number of ether oxygens (including phenoxy) is 1. The third-order valence-corrected chi connectivity index (χ3v) is 5.16. The quantitative estimate of drug-likeness (QED) is 0.692. The molecule has 1 aromatic heterocycles. The predicted octanol–water partition coefficient (Wildman–Crippen LogP) is 4.15. The molecule has 0 aliphatic carbocycles. The van der Waals surface area contributed by atoms with Crippen LogP contribution in [0.3, 0.4) is 0 Å². The van der Waals surface area contributed by atoms with E-state index in [2.05, 4.69) is 5.32 Å². The minimum Gasteiger partial charge on any atom is -0.497 e. The minimum absolute atomic E-state index is 0.0940. The van der Waals surface area contributed by atoms with Crippen LogP contribution in [0.15, 0.2) is 48.5 Å². The molecule has 0 bridgehead atoms. The first-order valence-electron chi connectivity index (χ1n) is 8.43. The van der Waals surface area contributed by atoms with E-state index in [1.807, 2.05) is 0 Å². The Kier molecular flexibility index (Phi) is 5.71. The van der Waals surface area contributed by atoms with E-state index < -0.39 is 0 Å². The zero-order chi connectivity index (χ0) is 19.4. The summed E-state index contributed by atoms with van der Waals surface area (Å²) in [5, 5.41) is 3.17. The zero-order valence-electron chi connectivity index (χ0n) is 15.0. The molecule has 0 saturated carbocycles. The first kappa shape index (κ1) is 18.8. The number of amides is 2. The molecule has 0 fully saturated rings. The molecule has 1 heterocycles. The number of carbonyl (C=O) groups excluding carboxylic acids is 2. The third kappa shape index (κ3) is 4.25. The summed E-state index contributed by atoms with van der Waals surface area (Å²) in [5.41, 5.74) is 0.590. The average molecular weight is 386 g/mol. The Morgan fingerprint density at radius 2 is 1.96 bits per heavy atom. The number of carbonyl (C=O) groups is 2. The molecule has 5 nitrogen and oxygen atoms in total. The summed E-state index contributed by atoms with van der Waals surface area (Å²) < 4.78 is 19.7. The van der Waals surface area contributed by atoms with Gasteiger partial charge >= 0.3 is 0 Å². The van der Waals surface area contributed by atoms with Crippen LogP contribution in [-0.4, -0.2) is 36.9 Å². The minimum atomic E-state index is -0.360. The Bertz CT molecular complexity index is 986. The molecule has 27 heavy (non-hydrogen) atoms. The number of benzene rings is 2. The molecule has 2 aromatic carbocycles. The number of hydrogen-bond acceptors (Lipinski definition) is 4.